The lowest BCUT2D eigenvalue weighted by Crippen LogP contribution is -3.00. The van der Waals surface area contributed by atoms with Crippen molar-refractivity contribution in [1.29, 1.82) is 0 Å². The third-order valence-electron chi connectivity index (χ3n) is 6.45. The third-order valence-corrected chi connectivity index (χ3v) is 6.45. The fourth-order valence-electron chi connectivity index (χ4n) is 4.46. The van der Waals surface area contributed by atoms with Crippen molar-refractivity contribution in [3.8, 4) is 5.75 Å². The largest absolute Gasteiger partial charge is 1.00 e. The minimum absolute atomic E-state index is 0. The molecular formula is C28H50ClNO2. The molecule has 0 radical (unpaired) electrons. The zero-order chi connectivity index (χ0) is 22.8. The summed E-state index contributed by atoms with van der Waals surface area (Å²) in [5.41, 5.74) is 1.50. The van der Waals surface area contributed by atoms with Crippen molar-refractivity contribution in [3.63, 3.8) is 0 Å². The van der Waals surface area contributed by atoms with E-state index in [1.165, 1.54) is 103 Å². The summed E-state index contributed by atoms with van der Waals surface area (Å²) in [6.07, 6.45) is 23.1. The minimum Gasteiger partial charge on any atom is -1.00 e. The van der Waals surface area contributed by atoms with Gasteiger partial charge in [0.1, 0.15) is 12.3 Å². The summed E-state index contributed by atoms with van der Waals surface area (Å²) in [6.45, 7) is 4.32. The van der Waals surface area contributed by atoms with E-state index in [9.17, 15) is 9.90 Å². The van der Waals surface area contributed by atoms with Gasteiger partial charge in [-0.05, 0) is 31.0 Å². The summed E-state index contributed by atoms with van der Waals surface area (Å²) >= 11 is 0. The first kappa shape index (κ1) is 30.9. The molecule has 0 aliphatic heterocycles. The maximum absolute atomic E-state index is 11.0. The number of phenols is 1. The Labute approximate surface area is 205 Å². The molecule has 0 unspecified atom stereocenters. The number of hydrogen-bond acceptors (Lipinski definition) is 2. The molecule has 0 saturated carbocycles. The summed E-state index contributed by atoms with van der Waals surface area (Å²) < 4.78 is 0.918. The predicted molar refractivity (Wildman–Crippen MR) is 134 cm³/mol. The maximum atomic E-state index is 11.0. The first-order valence-corrected chi connectivity index (χ1v) is 13.1. The van der Waals surface area contributed by atoms with Gasteiger partial charge in [0.05, 0.1) is 26.2 Å². The van der Waals surface area contributed by atoms with Crippen molar-refractivity contribution in [2.75, 3.05) is 20.6 Å². The second kappa shape index (κ2) is 19.4. The number of benzene rings is 1. The number of carbonyl (C=O) groups excluding carboxylic acids is 1. The second-order valence-corrected chi connectivity index (χ2v) is 10.1. The Morgan fingerprint density at radius 2 is 1.19 bits per heavy atom. The smallest absolute Gasteiger partial charge is 0.153 e. The first-order chi connectivity index (χ1) is 15.0. The Morgan fingerprint density at radius 3 is 1.62 bits per heavy atom. The van der Waals surface area contributed by atoms with Crippen LogP contribution in [0.5, 0.6) is 5.75 Å². The lowest BCUT2D eigenvalue weighted by atomic mass is 10.0. The summed E-state index contributed by atoms with van der Waals surface area (Å²) in [7, 11) is 4.50. The van der Waals surface area contributed by atoms with Crippen LogP contribution in [-0.4, -0.2) is 36.5 Å². The number of quaternary nitrogens is 1. The number of rotatable bonds is 20. The van der Waals surface area contributed by atoms with Gasteiger partial charge in [-0.15, -0.1) is 0 Å². The van der Waals surface area contributed by atoms with Crippen molar-refractivity contribution < 1.29 is 26.8 Å². The number of aldehydes is 1. The van der Waals surface area contributed by atoms with E-state index in [0.29, 0.717) is 5.56 Å². The van der Waals surface area contributed by atoms with Gasteiger partial charge in [0.15, 0.2) is 6.29 Å². The molecule has 0 spiro atoms. The fraction of sp³-hybridized carbons (Fsp3) is 0.750. The zero-order valence-corrected chi connectivity index (χ0v) is 22.0. The number of unbranched alkanes of at least 4 members (excludes halogenated alkanes) is 15. The van der Waals surface area contributed by atoms with E-state index in [2.05, 4.69) is 21.0 Å². The molecule has 1 aromatic carbocycles. The van der Waals surface area contributed by atoms with Gasteiger partial charge in [-0.25, -0.2) is 0 Å². The third kappa shape index (κ3) is 15.7. The molecule has 1 rings (SSSR count). The molecule has 0 atom stereocenters. The van der Waals surface area contributed by atoms with Gasteiger partial charge in [0, 0.05) is 5.56 Å². The van der Waals surface area contributed by atoms with Gasteiger partial charge in [-0.1, -0.05) is 96.8 Å². The summed E-state index contributed by atoms with van der Waals surface area (Å²) in [6, 6.07) is 5.37. The fourth-order valence-corrected chi connectivity index (χ4v) is 4.46. The van der Waals surface area contributed by atoms with E-state index in [4.69, 9.17) is 0 Å². The van der Waals surface area contributed by atoms with Crippen LogP contribution in [0.4, 0.5) is 0 Å². The topological polar surface area (TPSA) is 37.3 Å². The van der Waals surface area contributed by atoms with Crippen molar-refractivity contribution >= 4 is 6.29 Å². The van der Waals surface area contributed by atoms with Crippen LogP contribution in [0.2, 0.25) is 0 Å². The van der Waals surface area contributed by atoms with Crippen LogP contribution < -0.4 is 12.4 Å². The average molecular weight is 468 g/mol. The number of aromatic hydroxyl groups is 1. The number of nitrogens with zero attached hydrogens (tertiary/aromatic N) is 1. The van der Waals surface area contributed by atoms with Gasteiger partial charge in [0.25, 0.3) is 0 Å². The van der Waals surface area contributed by atoms with Crippen LogP contribution in [0.15, 0.2) is 18.2 Å². The molecule has 0 fully saturated rings. The Hall–Kier alpha value is -1.06. The van der Waals surface area contributed by atoms with Gasteiger partial charge < -0.3 is 22.0 Å². The molecule has 0 saturated heterocycles. The second-order valence-electron chi connectivity index (χ2n) is 10.1. The Kier molecular flexibility index (Phi) is 18.8. The summed E-state index contributed by atoms with van der Waals surface area (Å²) in [5.74, 6) is 0.0712. The maximum Gasteiger partial charge on any atom is 0.153 e. The molecule has 32 heavy (non-hydrogen) atoms. The molecule has 0 aliphatic rings. The number of phenolic OH excluding ortho intramolecular Hbond substituents is 1. The lowest BCUT2D eigenvalue weighted by molar-refractivity contribution is -0.903. The molecule has 0 aromatic heterocycles. The van der Waals surface area contributed by atoms with E-state index in [1.807, 2.05) is 12.1 Å². The summed E-state index contributed by atoms with van der Waals surface area (Å²) in [5, 5.41) is 9.66. The molecule has 0 bridgehead atoms. The van der Waals surface area contributed by atoms with Crippen molar-refractivity contribution in [3.05, 3.63) is 29.3 Å². The predicted octanol–water partition coefficient (Wildman–Crippen LogP) is 5.05. The SMILES string of the molecule is CCCCCCCCCCCCCCCCCC[N+](C)(C)Cc1ccc(O)c(C=O)c1.[Cl-]. The molecule has 0 aliphatic carbocycles. The van der Waals surface area contributed by atoms with E-state index >= 15 is 0 Å². The standard InChI is InChI=1S/C28H49NO2.ClH/c1-4-5-6-7-8-9-10-11-12-13-14-15-16-17-18-19-22-29(2,3)24-26-20-21-28(31)27(23-26)25-30;/h20-21,23,25H,4-19,22,24H2,1-3H3;1H. The molecule has 0 heterocycles. The minimum atomic E-state index is 0. The highest BCUT2D eigenvalue weighted by atomic mass is 35.5. The van der Waals surface area contributed by atoms with E-state index in [0.717, 1.165) is 29.4 Å². The lowest BCUT2D eigenvalue weighted by Gasteiger charge is -2.30. The molecule has 4 heteroatoms. The van der Waals surface area contributed by atoms with E-state index < -0.39 is 0 Å². The van der Waals surface area contributed by atoms with Crippen LogP contribution in [0, 0.1) is 0 Å². The quantitative estimate of drug-likeness (QED) is 0.165. The van der Waals surface area contributed by atoms with Crippen molar-refractivity contribution in [2.45, 2.75) is 116 Å². The molecule has 1 aromatic rings. The van der Waals surface area contributed by atoms with Crippen LogP contribution in [0.3, 0.4) is 0 Å². The first-order valence-electron chi connectivity index (χ1n) is 13.1. The molecule has 186 valence electrons. The van der Waals surface area contributed by atoms with Gasteiger partial charge in [0.2, 0.25) is 0 Å². The van der Waals surface area contributed by atoms with Gasteiger partial charge in [-0.2, -0.15) is 0 Å². The normalized spacial score (nSPS) is 11.3. The van der Waals surface area contributed by atoms with E-state index in [1.54, 1.807) is 6.07 Å². The Morgan fingerprint density at radius 1 is 0.750 bits per heavy atom. The number of hydrogen-bond donors (Lipinski definition) is 1. The zero-order valence-electron chi connectivity index (χ0n) is 21.2. The Bertz CT molecular complexity index is 589. The van der Waals surface area contributed by atoms with Crippen molar-refractivity contribution in [2.24, 2.45) is 0 Å². The highest BCUT2D eigenvalue weighted by molar-refractivity contribution is 5.79. The molecule has 0 amide bonds. The molecular weight excluding hydrogens is 418 g/mol. The van der Waals surface area contributed by atoms with E-state index in [-0.39, 0.29) is 18.2 Å². The Balaban J connectivity index is 0.00000961. The number of carbonyl (C=O) groups is 1. The monoisotopic (exact) mass is 467 g/mol. The average Bonchev–Trinajstić information content (AvgIpc) is 2.74. The summed E-state index contributed by atoms with van der Waals surface area (Å²) in [4.78, 5) is 11.0. The highest BCUT2D eigenvalue weighted by Gasteiger charge is 2.16. The van der Waals surface area contributed by atoms with Crippen LogP contribution in [0.25, 0.3) is 0 Å². The van der Waals surface area contributed by atoms with Crippen LogP contribution in [-0.2, 0) is 6.54 Å². The molecule has 3 nitrogen and oxygen atoms in total. The van der Waals surface area contributed by atoms with Gasteiger partial charge in [-0.3, -0.25) is 4.79 Å². The highest BCUT2D eigenvalue weighted by Crippen LogP contribution is 2.20. The van der Waals surface area contributed by atoms with Gasteiger partial charge >= 0.3 is 0 Å². The van der Waals surface area contributed by atoms with Crippen LogP contribution >= 0.6 is 0 Å². The van der Waals surface area contributed by atoms with Crippen molar-refractivity contribution in [1.82, 2.24) is 0 Å². The van der Waals surface area contributed by atoms with Crippen LogP contribution in [0.1, 0.15) is 126 Å². The number of halogens is 1. The molecule has 1 N–H and O–H groups in total.